The third-order valence-electron chi connectivity index (χ3n) is 9.54. The monoisotopic (exact) mass is 720 g/mol. The van der Waals surface area contributed by atoms with Gasteiger partial charge in [-0.2, -0.15) is 4.31 Å². The van der Waals surface area contributed by atoms with Gasteiger partial charge in [0.15, 0.2) is 0 Å². The highest BCUT2D eigenvalue weighted by molar-refractivity contribution is 7.89. The minimum atomic E-state index is -4.06. The Morgan fingerprint density at radius 1 is 1.04 bits per heavy atom. The summed E-state index contributed by atoms with van der Waals surface area (Å²) < 4.78 is 29.1. The van der Waals surface area contributed by atoms with Crippen molar-refractivity contribution in [2.45, 2.75) is 84.0 Å². The van der Waals surface area contributed by atoms with E-state index in [4.69, 9.17) is 5.21 Å². The maximum absolute atomic E-state index is 14.3. The van der Waals surface area contributed by atoms with E-state index < -0.39 is 34.1 Å². The SMILES string of the molecule is CC[C@H](C)[C@@H](C(=O)N[C@@H](Cc1ccccc1)[C@H](O)CN(CC(C)C)S(=O)(=O)c1ccc(C=NO)cc1)N1CCN(Cc2c(C)ccnc2C)C1=O. The molecule has 4 rings (SSSR count). The zero-order valence-electron chi connectivity index (χ0n) is 30.4. The molecule has 13 heteroatoms. The smallest absolute Gasteiger partial charge is 0.321 e. The van der Waals surface area contributed by atoms with Gasteiger partial charge >= 0.3 is 6.03 Å². The lowest BCUT2D eigenvalue weighted by Crippen LogP contribution is -2.57. The molecule has 3 N–H and O–H groups in total. The molecule has 51 heavy (non-hydrogen) atoms. The van der Waals surface area contributed by atoms with Crippen molar-refractivity contribution >= 4 is 28.2 Å². The summed E-state index contributed by atoms with van der Waals surface area (Å²) in [6.07, 6.45) is 2.54. The van der Waals surface area contributed by atoms with Gasteiger partial charge in [0, 0.05) is 44.6 Å². The van der Waals surface area contributed by atoms with Crippen LogP contribution in [0, 0.1) is 25.7 Å². The molecule has 1 aliphatic heterocycles. The molecule has 3 amide bonds. The van der Waals surface area contributed by atoms with E-state index in [0.717, 1.165) is 22.4 Å². The van der Waals surface area contributed by atoms with Crippen LogP contribution in [0.3, 0.4) is 0 Å². The van der Waals surface area contributed by atoms with Crippen LogP contribution < -0.4 is 5.32 Å². The molecule has 276 valence electrons. The molecule has 0 spiro atoms. The average molecular weight is 721 g/mol. The van der Waals surface area contributed by atoms with Crippen LogP contribution in [-0.4, -0.2) is 100 Å². The van der Waals surface area contributed by atoms with E-state index in [1.165, 1.54) is 34.8 Å². The molecule has 2 aromatic carbocycles. The van der Waals surface area contributed by atoms with Gasteiger partial charge in [-0.3, -0.25) is 9.78 Å². The number of oxime groups is 1. The molecule has 2 heterocycles. The number of urea groups is 1. The Hall–Kier alpha value is -4.33. The van der Waals surface area contributed by atoms with Crippen molar-refractivity contribution in [1.29, 1.82) is 0 Å². The van der Waals surface area contributed by atoms with Crippen LogP contribution in [0.15, 0.2) is 76.9 Å². The number of carbonyl (C=O) groups is 2. The van der Waals surface area contributed by atoms with E-state index in [2.05, 4.69) is 15.5 Å². The Labute approximate surface area is 302 Å². The van der Waals surface area contributed by atoms with Crippen LogP contribution in [0.4, 0.5) is 4.79 Å². The Morgan fingerprint density at radius 3 is 2.33 bits per heavy atom. The van der Waals surface area contributed by atoms with Crippen LogP contribution in [0.1, 0.15) is 62.1 Å². The van der Waals surface area contributed by atoms with Crippen molar-refractivity contribution in [3.63, 3.8) is 0 Å². The van der Waals surface area contributed by atoms with E-state index in [0.29, 0.717) is 31.6 Å². The van der Waals surface area contributed by atoms with E-state index in [9.17, 15) is 23.1 Å². The lowest BCUT2D eigenvalue weighted by Gasteiger charge is -2.35. The molecular weight excluding hydrogens is 669 g/mol. The third-order valence-corrected chi connectivity index (χ3v) is 11.4. The number of rotatable bonds is 17. The Bertz CT molecular complexity index is 1730. The number of aliphatic hydroxyl groups is 1. The van der Waals surface area contributed by atoms with Gasteiger partial charge in [-0.05, 0) is 72.6 Å². The highest BCUT2D eigenvalue weighted by Crippen LogP contribution is 2.25. The second-order valence-corrected chi connectivity index (χ2v) is 15.8. The fourth-order valence-electron chi connectivity index (χ4n) is 6.47. The van der Waals surface area contributed by atoms with Crippen LogP contribution in [-0.2, 0) is 27.8 Å². The molecule has 12 nitrogen and oxygen atoms in total. The predicted octanol–water partition coefficient (Wildman–Crippen LogP) is 4.59. The maximum atomic E-state index is 14.3. The largest absolute Gasteiger partial charge is 0.411 e. The lowest BCUT2D eigenvalue weighted by atomic mass is 9.95. The molecule has 4 atom stereocenters. The van der Waals surface area contributed by atoms with Gasteiger partial charge < -0.3 is 25.4 Å². The molecule has 0 aliphatic carbocycles. The minimum absolute atomic E-state index is 0.0275. The van der Waals surface area contributed by atoms with Crippen LogP contribution >= 0.6 is 0 Å². The molecule has 0 bridgehead atoms. The zero-order chi connectivity index (χ0) is 37.3. The van der Waals surface area contributed by atoms with E-state index >= 15 is 0 Å². The average Bonchev–Trinajstić information content (AvgIpc) is 3.45. The van der Waals surface area contributed by atoms with E-state index in [1.807, 2.05) is 77.9 Å². The van der Waals surface area contributed by atoms with E-state index in [1.54, 1.807) is 16.0 Å². The van der Waals surface area contributed by atoms with Gasteiger partial charge in [-0.25, -0.2) is 13.2 Å². The van der Waals surface area contributed by atoms with Gasteiger partial charge in [-0.1, -0.05) is 81.7 Å². The number of hydrogen-bond donors (Lipinski definition) is 3. The number of aromatic nitrogens is 1. The normalized spacial score (nSPS) is 16.2. The fraction of sp³-hybridized carbons (Fsp3) is 0.474. The molecule has 3 aromatic rings. The summed E-state index contributed by atoms with van der Waals surface area (Å²) in [5.41, 5.74) is 4.27. The van der Waals surface area contributed by atoms with Crippen molar-refractivity contribution in [2.24, 2.45) is 17.0 Å². The number of aryl methyl sites for hydroxylation is 2. The van der Waals surface area contributed by atoms with Gasteiger partial charge in [-0.15, -0.1) is 0 Å². The van der Waals surface area contributed by atoms with Crippen molar-refractivity contribution < 1.29 is 28.3 Å². The maximum Gasteiger partial charge on any atom is 0.321 e. The first-order valence-corrected chi connectivity index (χ1v) is 19.0. The summed E-state index contributed by atoms with van der Waals surface area (Å²) in [4.78, 5) is 36.0. The summed E-state index contributed by atoms with van der Waals surface area (Å²) in [5.74, 6) is -0.650. The highest BCUT2D eigenvalue weighted by Gasteiger charge is 2.41. The number of amides is 3. The molecule has 1 fully saturated rings. The lowest BCUT2D eigenvalue weighted by molar-refractivity contribution is -0.128. The first-order valence-electron chi connectivity index (χ1n) is 17.5. The zero-order valence-corrected chi connectivity index (χ0v) is 31.3. The van der Waals surface area contributed by atoms with Crippen molar-refractivity contribution in [3.8, 4) is 0 Å². The Balaban J connectivity index is 1.60. The van der Waals surface area contributed by atoms with Crippen LogP contribution in [0.2, 0.25) is 0 Å². The van der Waals surface area contributed by atoms with Gasteiger partial charge in [0.05, 0.1) is 23.3 Å². The number of hydrogen-bond acceptors (Lipinski definition) is 8. The van der Waals surface area contributed by atoms with Gasteiger partial charge in [0.25, 0.3) is 0 Å². The summed E-state index contributed by atoms with van der Waals surface area (Å²) >= 11 is 0. The summed E-state index contributed by atoms with van der Waals surface area (Å²) in [6.45, 7) is 12.7. The molecule has 0 saturated carbocycles. The van der Waals surface area contributed by atoms with Gasteiger partial charge in [0.1, 0.15) is 6.04 Å². The number of benzene rings is 2. The topological polar surface area (TPSA) is 156 Å². The summed E-state index contributed by atoms with van der Waals surface area (Å²) in [6, 6.07) is 15.3. The highest BCUT2D eigenvalue weighted by atomic mass is 32.2. The number of carbonyl (C=O) groups excluding carboxylic acids is 2. The predicted molar refractivity (Wildman–Crippen MR) is 197 cm³/mol. The standard InChI is InChI=1S/C38H52N6O6S/c1-7-27(4)36(44-20-19-42(38(44)47)24-33-28(5)17-18-39-29(33)6)37(46)41-34(21-30-11-9-8-10-12-30)35(45)25-43(23-26(2)3)51(49,50)32-15-13-31(14-16-32)22-40-48/h8-18,22,26-27,34-36,45,48H,7,19-21,23-25H2,1-6H3,(H,41,46)/t27-,34-,35+,36-/m0/s1. The summed E-state index contributed by atoms with van der Waals surface area (Å²) in [5, 5.41) is 26.7. The number of aliphatic hydroxyl groups excluding tert-OH is 1. The second kappa shape index (κ2) is 17.7. The second-order valence-electron chi connectivity index (χ2n) is 13.8. The quantitative estimate of drug-likeness (QED) is 0.105. The van der Waals surface area contributed by atoms with E-state index in [-0.39, 0.29) is 42.3 Å². The minimum Gasteiger partial charge on any atom is -0.411 e. The molecule has 0 radical (unpaired) electrons. The molecule has 1 aliphatic rings. The summed E-state index contributed by atoms with van der Waals surface area (Å²) in [7, 11) is -4.06. The molecule has 1 saturated heterocycles. The van der Waals surface area contributed by atoms with Crippen molar-refractivity contribution in [2.75, 3.05) is 26.2 Å². The van der Waals surface area contributed by atoms with Crippen molar-refractivity contribution in [3.05, 3.63) is 94.8 Å². The number of nitrogens with zero attached hydrogens (tertiary/aromatic N) is 5. The number of pyridine rings is 1. The third kappa shape index (κ3) is 9.93. The number of sulfonamides is 1. The Morgan fingerprint density at radius 2 is 1.73 bits per heavy atom. The molecular formula is C38H52N6O6S. The van der Waals surface area contributed by atoms with Crippen LogP contribution in [0.5, 0.6) is 0 Å². The molecule has 1 aromatic heterocycles. The fourth-order valence-corrected chi connectivity index (χ4v) is 8.09. The Kier molecular flexibility index (Phi) is 13.7. The first kappa shape index (κ1) is 39.5. The van der Waals surface area contributed by atoms with Crippen LogP contribution in [0.25, 0.3) is 0 Å². The first-order chi connectivity index (χ1) is 24.3. The van der Waals surface area contributed by atoms with Gasteiger partial charge in [0.2, 0.25) is 15.9 Å². The molecule has 0 unspecified atom stereocenters. The van der Waals surface area contributed by atoms with Crippen molar-refractivity contribution in [1.82, 2.24) is 24.4 Å². The number of nitrogens with one attached hydrogen (secondary N) is 1.